The van der Waals surface area contributed by atoms with Gasteiger partial charge in [-0.25, -0.2) is 4.39 Å². The maximum Gasteiger partial charge on any atom is 0.103 e. The lowest BCUT2D eigenvalue weighted by molar-refractivity contribution is 0.174. The van der Waals surface area contributed by atoms with E-state index < -0.39 is 6.15 Å². The molecule has 1 rings (SSSR count). The monoisotopic (exact) mass is 118 g/mol. The Hall–Kier alpha value is -0.110. The average molecular weight is 118 g/mol. The first-order valence-corrected chi connectivity index (χ1v) is 2.98. The Morgan fingerprint density at radius 3 is 2.50 bits per heavy atom. The van der Waals surface area contributed by atoms with Gasteiger partial charge in [0.25, 0.3) is 0 Å². The fourth-order valence-corrected chi connectivity index (χ4v) is 0.861. The van der Waals surface area contributed by atoms with Gasteiger partial charge in [-0.2, -0.15) is 0 Å². The molecule has 2 heteroatoms. The highest BCUT2D eigenvalue weighted by Crippen LogP contribution is 2.10. The second-order valence-electron chi connectivity index (χ2n) is 2.32. The van der Waals surface area contributed by atoms with E-state index in [0.717, 1.165) is 13.1 Å². The average Bonchev–Trinajstić information content (AvgIpc) is 1.78. The van der Waals surface area contributed by atoms with Gasteiger partial charge < -0.3 is 4.90 Å². The molecule has 1 fully saturated rings. The highest BCUT2D eigenvalue weighted by molar-refractivity contribution is 4.67. The van der Waals surface area contributed by atoms with Crippen LogP contribution in [0.15, 0.2) is 0 Å². The van der Waals surface area contributed by atoms with Crippen molar-refractivity contribution in [1.29, 1.82) is 0 Å². The molecular formula is C6H12FN. The molecule has 0 radical (unpaired) electrons. The Morgan fingerprint density at radius 2 is 2.12 bits per heavy atom. The molecule has 8 heavy (non-hydrogen) atoms. The van der Waals surface area contributed by atoms with Gasteiger partial charge in [0.1, 0.15) is 6.15 Å². The molecule has 0 aromatic carbocycles. The molecule has 48 valence electrons. The molecule has 0 amide bonds. The van der Waals surface area contributed by atoms with Gasteiger partial charge in [-0.3, -0.25) is 0 Å². The topological polar surface area (TPSA) is 3.24 Å². The van der Waals surface area contributed by atoms with Crippen molar-refractivity contribution in [2.75, 3.05) is 20.1 Å². The van der Waals surface area contributed by atoms with E-state index in [4.69, 9.17) is 1.37 Å². The maximum absolute atomic E-state index is 12.7. The Morgan fingerprint density at radius 1 is 1.62 bits per heavy atom. The third-order valence-electron chi connectivity index (χ3n) is 1.53. The van der Waals surface area contributed by atoms with Crippen molar-refractivity contribution in [1.82, 2.24) is 4.90 Å². The Labute approximate surface area is 50.9 Å². The van der Waals surface area contributed by atoms with Crippen LogP contribution in [0.4, 0.5) is 4.39 Å². The van der Waals surface area contributed by atoms with Gasteiger partial charge in [0.15, 0.2) is 0 Å². The van der Waals surface area contributed by atoms with Crippen LogP contribution >= 0.6 is 0 Å². The summed E-state index contributed by atoms with van der Waals surface area (Å²) in [6.07, 6.45) is -0.903. The maximum atomic E-state index is 12.7. The molecular weight excluding hydrogens is 105 g/mol. The van der Waals surface area contributed by atoms with Crippen LogP contribution in [-0.2, 0) is 0 Å². The third kappa shape index (κ3) is 1.44. The molecule has 0 spiro atoms. The molecule has 0 aromatic rings. The molecule has 0 aliphatic carbocycles. The van der Waals surface area contributed by atoms with Crippen molar-refractivity contribution in [3.8, 4) is 0 Å². The van der Waals surface area contributed by atoms with Crippen molar-refractivity contribution in [3.05, 3.63) is 0 Å². The molecule has 1 heterocycles. The SMILES string of the molecule is [2H]C1(F)CCN(C)CC1. The standard InChI is InChI=1S/C6H12FN/c1-8-4-2-6(7)3-5-8/h6H,2-5H2,1H3/i6D. The minimum absolute atomic E-state index is 0.365. The third-order valence-corrected chi connectivity index (χ3v) is 1.53. The lowest BCUT2D eigenvalue weighted by atomic mass is 10.1. The van der Waals surface area contributed by atoms with Gasteiger partial charge in [0, 0.05) is 13.1 Å². The van der Waals surface area contributed by atoms with E-state index in [0.29, 0.717) is 12.8 Å². The van der Waals surface area contributed by atoms with Gasteiger partial charge in [-0.15, -0.1) is 0 Å². The van der Waals surface area contributed by atoms with Crippen LogP contribution in [0, 0.1) is 0 Å². The van der Waals surface area contributed by atoms with Crippen LogP contribution in [-0.4, -0.2) is 31.2 Å². The van der Waals surface area contributed by atoms with E-state index >= 15 is 0 Å². The van der Waals surface area contributed by atoms with E-state index in [1.54, 1.807) is 0 Å². The first kappa shape index (κ1) is 4.74. The Balaban J connectivity index is 2.35. The molecule has 0 atom stereocenters. The summed E-state index contributed by atoms with van der Waals surface area (Å²) < 4.78 is 19.7. The zero-order valence-corrected chi connectivity index (χ0v) is 5.15. The van der Waals surface area contributed by atoms with E-state index in [2.05, 4.69) is 0 Å². The number of piperidine rings is 1. The van der Waals surface area contributed by atoms with Crippen molar-refractivity contribution in [2.24, 2.45) is 0 Å². The smallest absolute Gasteiger partial charge is 0.103 e. The molecule has 0 bridgehead atoms. The van der Waals surface area contributed by atoms with Gasteiger partial charge in [-0.05, 0) is 19.9 Å². The molecule has 0 saturated carbocycles. The number of likely N-dealkylation sites (tertiary alicyclic amines) is 1. The molecule has 0 N–H and O–H groups in total. The number of alkyl halides is 1. The highest BCUT2D eigenvalue weighted by atomic mass is 19.1. The minimum Gasteiger partial charge on any atom is -0.306 e. The molecule has 1 saturated heterocycles. The van der Waals surface area contributed by atoms with E-state index in [1.807, 2.05) is 11.9 Å². The zero-order valence-electron chi connectivity index (χ0n) is 6.15. The first-order valence-electron chi connectivity index (χ1n) is 3.48. The van der Waals surface area contributed by atoms with Crippen molar-refractivity contribution in [2.45, 2.75) is 19.0 Å². The number of nitrogens with zero attached hydrogens (tertiary/aromatic N) is 1. The van der Waals surface area contributed by atoms with E-state index in [-0.39, 0.29) is 0 Å². The molecule has 1 aliphatic rings. The molecule has 1 aliphatic heterocycles. The fraction of sp³-hybridized carbons (Fsp3) is 1.00. The minimum atomic E-state index is -1.63. The molecule has 0 aromatic heterocycles. The first-order chi connectivity index (χ1) is 4.10. The quantitative estimate of drug-likeness (QED) is 0.459. The summed E-state index contributed by atoms with van der Waals surface area (Å²) in [5, 5.41) is 0. The van der Waals surface area contributed by atoms with Gasteiger partial charge in [0.2, 0.25) is 0 Å². The van der Waals surface area contributed by atoms with Crippen molar-refractivity contribution in [3.63, 3.8) is 0 Å². The highest BCUT2D eigenvalue weighted by Gasteiger charge is 2.14. The van der Waals surface area contributed by atoms with Crippen LogP contribution in [0.5, 0.6) is 0 Å². The summed E-state index contributed by atoms with van der Waals surface area (Å²) in [5.74, 6) is 0. The Bertz CT molecular complexity index is 95.2. The van der Waals surface area contributed by atoms with Crippen molar-refractivity contribution < 1.29 is 5.76 Å². The van der Waals surface area contributed by atoms with Crippen LogP contribution < -0.4 is 0 Å². The fourth-order valence-electron chi connectivity index (χ4n) is 0.861. The largest absolute Gasteiger partial charge is 0.306 e. The van der Waals surface area contributed by atoms with Crippen LogP contribution in [0.25, 0.3) is 0 Å². The van der Waals surface area contributed by atoms with E-state index in [1.165, 1.54) is 0 Å². The number of hydrogen-bond acceptors (Lipinski definition) is 1. The van der Waals surface area contributed by atoms with E-state index in [9.17, 15) is 4.39 Å². The van der Waals surface area contributed by atoms with Crippen LogP contribution in [0.2, 0.25) is 0 Å². The number of halogens is 1. The predicted molar refractivity (Wildman–Crippen MR) is 31.6 cm³/mol. The Kier molecular flexibility index (Phi) is 1.45. The summed E-state index contributed by atoms with van der Waals surface area (Å²) >= 11 is 0. The van der Waals surface area contributed by atoms with Crippen LogP contribution in [0.1, 0.15) is 14.2 Å². The number of hydrogen-bond donors (Lipinski definition) is 0. The summed E-state index contributed by atoms with van der Waals surface area (Å²) in [7, 11) is 1.95. The zero-order chi connectivity index (χ0) is 6.91. The second-order valence-corrected chi connectivity index (χ2v) is 2.32. The molecule has 1 nitrogen and oxygen atoms in total. The number of rotatable bonds is 0. The summed E-state index contributed by atoms with van der Waals surface area (Å²) in [4.78, 5) is 2.05. The summed E-state index contributed by atoms with van der Waals surface area (Å²) in [5.41, 5.74) is 0. The summed E-state index contributed by atoms with van der Waals surface area (Å²) in [6, 6.07) is 0. The van der Waals surface area contributed by atoms with Gasteiger partial charge in [0.05, 0.1) is 1.37 Å². The van der Waals surface area contributed by atoms with Gasteiger partial charge in [-0.1, -0.05) is 0 Å². The normalized spacial score (nSPS) is 32.0. The van der Waals surface area contributed by atoms with Crippen molar-refractivity contribution >= 4 is 0 Å². The van der Waals surface area contributed by atoms with Gasteiger partial charge >= 0.3 is 0 Å². The lowest BCUT2D eigenvalue weighted by Crippen LogP contribution is -2.30. The predicted octanol–water partition coefficient (Wildman–Crippen LogP) is 1.05. The second kappa shape index (κ2) is 2.44. The summed E-state index contributed by atoms with van der Waals surface area (Å²) in [6.45, 7) is 1.44. The lowest BCUT2D eigenvalue weighted by Gasteiger charge is -2.23. The van der Waals surface area contributed by atoms with Crippen LogP contribution in [0.3, 0.4) is 0 Å². The molecule has 0 unspecified atom stereocenters.